The van der Waals surface area contributed by atoms with Crippen molar-refractivity contribution in [2.24, 2.45) is 0 Å². The third kappa shape index (κ3) is 5.96. The number of halogens is 3. The topological polar surface area (TPSA) is 21.3 Å². The van der Waals surface area contributed by atoms with Gasteiger partial charge < -0.3 is 10.1 Å². The van der Waals surface area contributed by atoms with Crippen molar-refractivity contribution >= 4 is 23.2 Å². The van der Waals surface area contributed by atoms with Crippen molar-refractivity contribution in [3.05, 3.63) is 99.3 Å². The summed E-state index contributed by atoms with van der Waals surface area (Å²) >= 11 is 12.1. The van der Waals surface area contributed by atoms with Gasteiger partial charge in [0.15, 0.2) is 0 Å². The van der Waals surface area contributed by atoms with E-state index in [1.54, 1.807) is 12.1 Å². The summed E-state index contributed by atoms with van der Waals surface area (Å²) in [5.41, 5.74) is 3.06. The fraction of sp³-hybridized carbons (Fsp3) is 0.182. The van der Waals surface area contributed by atoms with Crippen LogP contribution in [0.25, 0.3) is 0 Å². The van der Waals surface area contributed by atoms with Gasteiger partial charge in [-0.2, -0.15) is 0 Å². The summed E-state index contributed by atoms with van der Waals surface area (Å²) in [6, 6.07) is 19.9. The Hall–Kier alpha value is -2.07. The molecule has 3 aromatic rings. The van der Waals surface area contributed by atoms with Gasteiger partial charge >= 0.3 is 0 Å². The largest absolute Gasteiger partial charge is 0.489 e. The Balaban J connectivity index is 1.53. The number of nitrogens with one attached hydrogen (secondary N) is 1. The molecule has 3 rings (SSSR count). The Morgan fingerprint density at radius 1 is 0.889 bits per heavy atom. The number of hydrogen-bond donors (Lipinski definition) is 1. The first kappa shape index (κ1) is 19.7. The Bertz CT molecular complexity index is 884. The zero-order valence-corrected chi connectivity index (χ0v) is 16.2. The highest BCUT2D eigenvalue weighted by Crippen LogP contribution is 2.24. The van der Waals surface area contributed by atoms with E-state index in [1.807, 2.05) is 42.5 Å². The SMILES string of the molecule is Fc1ccc(CCNCc2ccccc2OCc2ccc(Cl)cc2Cl)cc1. The van der Waals surface area contributed by atoms with Crippen LogP contribution >= 0.6 is 23.2 Å². The molecule has 0 amide bonds. The van der Waals surface area contributed by atoms with Crippen LogP contribution in [0.4, 0.5) is 4.39 Å². The molecule has 140 valence electrons. The van der Waals surface area contributed by atoms with Gasteiger partial charge in [-0.3, -0.25) is 0 Å². The standard InChI is InChI=1S/C22H20Cl2FNO/c23-19-8-7-18(21(24)13-19)15-27-22-4-2-1-3-17(22)14-26-12-11-16-5-9-20(25)10-6-16/h1-10,13,26H,11-12,14-15H2. The predicted octanol–water partition coefficient (Wildman–Crippen LogP) is 6.04. The fourth-order valence-electron chi connectivity index (χ4n) is 2.69. The lowest BCUT2D eigenvalue weighted by Crippen LogP contribution is -2.17. The summed E-state index contributed by atoms with van der Waals surface area (Å²) < 4.78 is 18.9. The smallest absolute Gasteiger partial charge is 0.124 e. The second-order valence-corrected chi connectivity index (χ2v) is 7.03. The maximum absolute atomic E-state index is 12.9. The van der Waals surface area contributed by atoms with Crippen LogP contribution in [-0.4, -0.2) is 6.54 Å². The first-order valence-electron chi connectivity index (χ1n) is 8.71. The highest BCUT2D eigenvalue weighted by Gasteiger charge is 2.06. The summed E-state index contributed by atoms with van der Waals surface area (Å²) in [6.07, 6.45) is 0.837. The molecule has 0 atom stereocenters. The monoisotopic (exact) mass is 403 g/mol. The number of rotatable bonds is 8. The first-order chi connectivity index (χ1) is 13.1. The van der Waals surface area contributed by atoms with Crippen LogP contribution in [0, 0.1) is 5.82 Å². The molecular weight excluding hydrogens is 384 g/mol. The van der Waals surface area contributed by atoms with Crippen molar-refractivity contribution in [1.82, 2.24) is 5.32 Å². The molecule has 0 aliphatic rings. The lowest BCUT2D eigenvalue weighted by molar-refractivity contribution is 0.302. The van der Waals surface area contributed by atoms with E-state index in [2.05, 4.69) is 5.32 Å². The Kier molecular flexibility index (Phi) is 7.11. The highest BCUT2D eigenvalue weighted by atomic mass is 35.5. The van der Waals surface area contributed by atoms with Crippen molar-refractivity contribution in [1.29, 1.82) is 0 Å². The predicted molar refractivity (Wildman–Crippen MR) is 109 cm³/mol. The fourth-order valence-corrected chi connectivity index (χ4v) is 3.15. The van der Waals surface area contributed by atoms with Crippen LogP contribution in [0.1, 0.15) is 16.7 Å². The van der Waals surface area contributed by atoms with Crippen LogP contribution in [0.5, 0.6) is 5.75 Å². The minimum absolute atomic E-state index is 0.210. The summed E-state index contributed by atoms with van der Waals surface area (Å²) in [6.45, 7) is 1.86. The van der Waals surface area contributed by atoms with Crippen LogP contribution in [-0.2, 0) is 19.6 Å². The van der Waals surface area contributed by atoms with Crippen molar-refractivity contribution in [3.8, 4) is 5.75 Å². The second kappa shape index (κ2) is 9.75. The van der Waals surface area contributed by atoms with E-state index in [9.17, 15) is 4.39 Å². The van der Waals surface area contributed by atoms with Gasteiger partial charge in [-0.05, 0) is 48.9 Å². The van der Waals surface area contributed by atoms with Crippen molar-refractivity contribution in [2.45, 2.75) is 19.6 Å². The summed E-state index contributed by atoms with van der Waals surface area (Å²) in [7, 11) is 0. The molecule has 0 fully saturated rings. The third-order valence-corrected chi connectivity index (χ3v) is 4.78. The average Bonchev–Trinajstić information content (AvgIpc) is 2.67. The lowest BCUT2D eigenvalue weighted by Gasteiger charge is -2.13. The summed E-state index contributed by atoms with van der Waals surface area (Å²) in [5.74, 6) is 0.608. The van der Waals surface area contributed by atoms with Crippen molar-refractivity contribution in [3.63, 3.8) is 0 Å². The molecule has 0 aliphatic carbocycles. The Labute approximate surface area is 168 Å². The van der Waals surface area contributed by atoms with Crippen LogP contribution in [0.2, 0.25) is 10.0 Å². The highest BCUT2D eigenvalue weighted by molar-refractivity contribution is 6.35. The molecule has 0 heterocycles. The second-order valence-electron chi connectivity index (χ2n) is 6.19. The van der Waals surface area contributed by atoms with Gasteiger partial charge in [-0.25, -0.2) is 4.39 Å². The molecule has 5 heteroatoms. The quantitative estimate of drug-likeness (QED) is 0.462. The molecular formula is C22H20Cl2FNO. The summed E-state index contributed by atoms with van der Waals surface area (Å²) in [5, 5.41) is 4.61. The van der Waals surface area contributed by atoms with Gasteiger partial charge in [0.2, 0.25) is 0 Å². The molecule has 0 saturated heterocycles. The molecule has 27 heavy (non-hydrogen) atoms. The molecule has 2 nitrogen and oxygen atoms in total. The molecule has 0 aliphatic heterocycles. The number of ether oxygens (including phenoxy) is 1. The summed E-state index contributed by atoms with van der Waals surface area (Å²) in [4.78, 5) is 0. The minimum Gasteiger partial charge on any atom is -0.489 e. The van der Waals surface area contributed by atoms with Gasteiger partial charge in [0.25, 0.3) is 0 Å². The van der Waals surface area contributed by atoms with Gasteiger partial charge in [0.1, 0.15) is 18.2 Å². The van der Waals surface area contributed by atoms with E-state index < -0.39 is 0 Å². The van der Waals surface area contributed by atoms with E-state index in [-0.39, 0.29) is 5.82 Å². The molecule has 0 bridgehead atoms. The normalized spacial score (nSPS) is 10.8. The minimum atomic E-state index is -0.210. The Morgan fingerprint density at radius 2 is 1.67 bits per heavy atom. The maximum Gasteiger partial charge on any atom is 0.124 e. The lowest BCUT2D eigenvalue weighted by atomic mass is 10.1. The molecule has 0 saturated carbocycles. The van der Waals surface area contributed by atoms with Crippen molar-refractivity contribution < 1.29 is 9.13 Å². The average molecular weight is 404 g/mol. The first-order valence-corrected chi connectivity index (χ1v) is 9.47. The van der Waals surface area contributed by atoms with Crippen LogP contribution in [0.3, 0.4) is 0 Å². The van der Waals surface area contributed by atoms with Crippen LogP contribution in [0.15, 0.2) is 66.7 Å². The molecule has 0 spiro atoms. The van der Waals surface area contributed by atoms with E-state index in [0.717, 1.165) is 35.4 Å². The van der Waals surface area contributed by atoms with Crippen LogP contribution < -0.4 is 10.1 Å². The number of hydrogen-bond acceptors (Lipinski definition) is 2. The van der Waals surface area contributed by atoms with E-state index >= 15 is 0 Å². The van der Waals surface area contributed by atoms with Crippen molar-refractivity contribution in [2.75, 3.05) is 6.54 Å². The molecule has 0 unspecified atom stereocenters. The van der Waals surface area contributed by atoms with Gasteiger partial charge in [-0.15, -0.1) is 0 Å². The van der Waals surface area contributed by atoms with Gasteiger partial charge in [0, 0.05) is 27.7 Å². The molecule has 0 radical (unpaired) electrons. The Morgan fingerprint density at radius 3 is 2.44 bits per heavy atom. The van der Waals surface area contributed by atoms with E-state index in [1.165, 1.54) is 12.1 Å². The van der Waals surface area contributed by atoms with E-state index in [4.69, 9.17) is 27.9 Å². The molecule has 3 aromatic carbocycles. The molecule has 0 aromatic heterocycles. The number of benzene rings is 3. The van der Waals surface area contributed by atoms with E-state index in [0.29, 0.717) is 23.2 Å². The molecule has 1 N–H and O–H groups in total. The zero-order chi connectivity index (χ0) is 19.1. The third-order valence-electron chi connectivity index (χ3n) is 4.19. The van der Waals surface area contributed by atoms with Gasteiger partial charge in [0.05, 0.1) is 0 Å². The number of para-hydroxylation sites is 1. The maximum atomic E-state index is 12.9. The van der Waals surface area contributed by atoms with Gasteiger partial charge in [-0.1, -0.05) is 59.6 Å². The zero-order valence-electron chi connectivity index (χ0n) is 14.7.